The average molecular weight is 369 g/mol. The molecule has 6 heteroatoms. The Kier molecular flexibility index (Phi) is 3.27. The summed E-state index contributed by atoms with van der Waals surface area (Å²) >= 11 is 3.37. The molecule has 1 N–H and O–H groups in total. The predicted octanol–water partition coefficient (Wildman–Crippen LogP) is 3.16. The van der Waals surface area contributed by atoms with E-state index in [2.05, 4.69) is 30.9 Å². The minimum absolute atomic E-state index is 0.134. The van der Waals surface area contributed by atoms with E-state index in [1.807, 2.05) is 48.0 Å². The summed E-state index contributed by atoms with van der Waals surface area (Å²) in [6, 6.07) is 13.5. The zero-order valence-corrected chi connectivity index (χ0v) is 14.0. The highest BCUT2D eigenvalue weighted by Gasteiger charge is 2.11. The first-order valence-corrected chi connectivity index (χ1v) is 8.00. The number of hydrogen-bond donors (Lipinski definition) is 1. The minimum Gasteiger partial charge on any atom is -0.331 e. The third kappa shape index (κ3) is 2.45. The molecular formula is C17H13BrN4O. The lowest BCUT2D eigenvalue weighted by Gasteiger charge is -2.04. The summed E-state index contributed by atoms with van der Waals surface area (Å²) in [5, 5.41) is 0.577. The average Bonchev–Trinajstić information content (AvgIpc) is 2.85. The fourth-order valence-electron chi connectivity index (χ4n) is 2.75. The molecule has 23 heavy (non-hydrogen) atoms. The minimum atomic E-state index is -0.134. The SMILES string of the molecule is Cn1c(Cc2nc3ccc(Br)cc3c(=O)[nH]2)nc2ccccc21. The number of nitrogens with one attached hydrogen (secondary N) is 1. The molecule has 0 unspecified atom stereocenters. The van der Waals surface area contributed by atoms with Gasteiger partial charge in [0.15, 0.2) is 0 Å². The van der Waals surface area contributed by atoms with Gasteiger partial charge in [0.1, 0.15) is 11.6 Å². The number of aromatic nitrogens is 4. The van der Waals surface area contributed by atoms with Crippen LogP contribution in [0.4, 0.5) is 0 Å². The molecule has 5 nitrogen and oxygen atoms in total. The second-order valence-electron chi connectivity index (χ2n) is 5.43. The van der Waals surface area contributed by atoms with Crippen LogP contribution in [-0.4, -0.2) is 19.5 Å². The van der Waals surface area contributed by atoms with E-state index in [4.69, 9.17) is 0 Å². The molecule has 0 aliphatic rings. The highest BCUT2D eigenvalue weighted by Crippen LogP contribution is 2.18. The van der Waals surface area contributed by atoms with Crippen LogP contribution in [0.15, 0.2) is 51.7 Å². The standard InChI is InChI=1S/C17H13BrN4O/c1-22-14-5-3-2-4-13(14)20-16(22)9-15-19-12-7-6-10(18)8-11(12)17(23)21-15/h2-8H,9H2,1H3,(H,19,21,23). The van der Waals surface area contributed by atoms with Crippen LogP contribution in [0.25, 0.3) is 21.9 Å². The number of aryl methyl sites for hydroxylation is 1. The summed E-state index contributed by atoms with van der Waals surface area (Å²) in [6.45, 7) is 0. The van der Waals surface area contributed by atoms with Crippen molar-refractivity contribution in [3.63, 3.8) is 0 Å². The van der Waals surface area contributed by atoms with Crippen LogP contribution in [0.5, 0.6) is 0 Å². The van der Waals surface area contributed by atoms with Crippen molar-refractivity contribution in [2.75, 3.05) is 0 Å². The first-order valence-electron chi connectivity index (χ1n) is 7.20. The third-order valence-corrected chi connectivity index (χ3v) is 4.42. The quantitative estimate of drug-likeness (QED) is 0.590. The van der Waals surface area contributed by atoms with Gasteiger partial charge in [-0.25, -0.2) is 9.97 Å². The zero-order chi connectivity index (χ0) is 16.0. The molecule has 0 aliphatic heterocycles. The summed E-state index contributed by atoms with van der Waals surface area (Å²) in [4.78, 5) is 24.3. The molecule has 0 saturated carbocycles. The molecule has 0 amide bonds. The van der Waals surface area contributed by atoms with Crippen molar-refractivity contribution in [1.82, 2.24) is 19.5 Å². The Morgan fingerprint density at radius 2 is 1.96 bits per heavy atom. The van der Waals surface area contributed by atoms with Gasteiger partial charge in [-0.2, -0.15) is 0 Å². The summed E-state index contributed by atoms with van der Waals surface area (Å²) < 4.78 is 2.89. The summed E-state index contributed by atoms with van der Waals surface area (Å²) in [7, 11) is 1.97. The Balaban J connectivity index is 1.81. The number of imidazole rings is 1. The summed E-state index contributed by atoms with van der Waals surface area (Å²) in [6.07, 6.45) is 0.479. The monoisotopic (exact) mass is 368 g/mol. The second kappa shape index (κ2) is 5.31. The van der Waals surface area contributed by atoms with Gasteiger partial charge >= 0.3 is 0 Å². The normalized spacial score (nSPS) is 11.4. The maximum Gasteiger partial charge on any atom is 0.258 e. The zero-order valence-electron chi connectivity index (χ0n) is 12.4. The molecule has 4 rings (SSSR count). The first-order chi connectivity index (χ1) is 11.1. The van der Waals surface area contributed by atoms with Gasteiger partial charge in [0.05, 0.1) is 28.4 Å². The van der Waals surface area contributed by atoms with Gasteiger partial charge in [-0.3, -0.25) is 4.79 Å². The van der Waals surface area contributed by atoms with Crippen LogP contribution in [-0.2, 0) is 13.5 Å². The van der Waals surface area contributed by atoms with E-state index < -0.39 is 0 Å². The lowest BCUT2D eigenvalue weighted by atomic mass is 10.2. The molecule has 0 bridgehead atoms. The number of benzene rings is 2. The van der Waals surface area contributed by atoms with Crippen LogP contribution in [0.3, 0.4) is 0 Å². The van der Waals surface area contributed by atoms with Gasteiger partial charge in [-0.1, -0.05) is 28.1 Å². The Morgan fingerprint density at radius 3 is 2.78 bits per heavy atom. The van der Waals surface area contributed by atoms with E-state index in [0.29, 0.717) is 23.1 Å². The van der Waals surface area contributed by atoms with E-state index in [1.54, 1.807) is 6.07 Å². The fourth-order valence-corrected chi connectivity index (χ4v) is 3.11. The van der Waals surface area contributed by atoms with Gasteiger partial charge < -0.3 is 9.55 Å². The van der Waals surface area contributed by atoms with Crippen molar-refractivity contribution in [2.24, 2.45) is 7.05 Å². The molecule has 114 valence electrons. The largest absolute Gasteiger partial charge is 0.331 e. The number of rotatable bonds is 2. The van der Waals surface area contributed by atoms with Crippen molar-refractivity contribution in [3.8, 4) is 0 Å². The highest BCUT2D eigenvalue weighted by atomic mass is 79.9. The fraction of sp³-hybridized carbons (Fsp3) is 0.118. The molecule has 4 aromatic rings. The number of nitrogens with zero attached hydrogens (tertiary/aromatic N) is 3. The van der Waals surface area contributed by atoms with Crippen molar-refractivity contribution in [1.29, 1.82) is 0 Å². The third-order valence-electron chi connectivity index (χ3n) is 3.92. The Hall–Kier alpha value is -2.47. The molecule has 2 aromatic heterocycles. The van der Waals surface area contributed by atoms with Crippen molar-refractivity contribution in [2.45, 2.75) is 6.42 Å². The molecule has 0 atom stereocenters. The van der Waals surface area contributed by atoms with Crippen LogP contribution >= 0.6 is 15.9 Å². The number of para-hydroxylation sites is 2. The topological polar surface area (TPSA) is 63.6 Å². The van der Waals surface area contributed by atoms with Gasteiger partial charge in [0.2, 0.25) is 0 Å². The van der Waals surface area contributed by atoms with Crippen molar-refractivity contribution < 1.29 is 0 Å². The van der Waals surface area contributed by atoms with Crippen molar-refractivity contribution >= 4 is 37.9 Å². The van der Waals surface area contributed by atoms with E-state index >= 15 is 0 Å². The lowest BCUT2D eigenvalue weighted by Crippen LogP contribution is -2.13. The molecule has 0 fully saturated rings. The Bertz CT molecular complexity index is 1100. The van der Waals surface area contributed by atoms with Gasteiger partial charge in [-0.15, -0.1) is 0 Å². The molecule has 0 radical (unpaired) electrons. The molecular weight excluding hydrogens is 356 g/mol. The van der Waals surface area contributed by atoms with Gasteiger partial charge in [0.25, 0.3) is 5.56 Å². The highest BCUT2D eigenvalue weighted by molar-refractivity contribution is 9.10. The number of hydrogen-bond acceptors (Lipinski definition) is 3. The number of aromatic amines is 1. The van der Waals surface area contributed by atoms with Gasteiger partial charge in [0, 0.05) is 11.5 Å². The molecule has 2 aromatic carbocycles. The Labute approximate surface area is 140 Å². The molecule has 2 heterocycles. The predicted molar refractivity (Wildman–Crippen MR) is 93.6 cm³/mol. The lowest BCUT2D eigenvalue weighted by molar-refractivity contribution is 0.813. The van der Waals surface area contributed by atoms with Crippen LogP contribution in [0, 0.1) is 0 Å². The summed E-state index contributed by atoms with van der Waals surface area (Å²) in [5.41, 5.74) is 2.56. The van der Waals surface area contributed by atoms with Crippen molar-refractivity contribution in [3.05, 3.63) is 68.9 Å². The number of fused-ring (bicyclic) bond motifs is 2. The maximum atomic E-state index is 12.3. The van der Waals surface area contributed by atoms with E-state index in [0.717, 1.165) is 21.3 Å². The van der Waals surface area contributed by atoms with Crippen LogP contribution in [0.2, 0.25) is 0 Å². The van der Waals surface area contributed by atoms with Crippen LogP contribution in [0.1, 0.15) is 11.6 Å². The summed E-state index contributed by atoms with van der Waals surface area (Å²) in [5.74, 6) is 1.48. The molecule has 0 saturated heterocycles. The number of halogens is 1. The molecule has 0 aliphatic carbocycles. The first kappa shape index (κ1) is 14.1. The second-order valence-corrected chi connectivity index (χ2v) is 6.34. The number of H-pyrrole nitrogens is 1. The molecule has 0 spiro atoms. The van der Waals surface area contributed by atoms with Crippen LogP contribution < -0.4 is 5.56 Å². The van der Waals surface area contributed by atoms with Gasteiger partial charge in [-0.05, 0) is 30.3 Å². The van der Waals surface area contributed by atoms with E-state index in [9.17, 15) is 4.79 Å². The van der Waals surface area contributed by atoms with E-state index in [1.165, 1.54) is 0 Å². The maximum absolute atomic E-state index is 12.3. The Morgan fingerprint density at radius 1 is 1.13 bits per heavy atom. The smallest absolute Gasteiger partial charge is 0.258 e. The van der Waals surface area contributed by atoms with E-state index in [-0.39, 0.29) is 5.56 Å².